The first kappa shape index (κ1) is 16.6. The molecule has 0 saturated carbocycles. The van der Waals surface area contributed by atoms with E-state index in [1.807, 2.05) is 18.3 Å². The Kier molecular flexibility index (Phi) is 6.97. The highest BCUT2D eigenvalue weighted by Gasteiger charge is 2.04. The van der Waals surface area contributed by atoms with Crippen molar-refractivity contribution < 1.29 is 4.74 Å². The van der Waals surface area contributed by atoms with Gasteiger partial charge >= 0.3 is 0 Å². The van der Waals surface area contributed by atoms with Crippen molar-refractivity contribution in [3.63, 3.8) is 0 Å². The van der Waals surface area contributed by atoms with Crippen LogP contribution in [0.4, 0.5) is 0 Å². The summed E-state index contributed by atoms with van der Waals surface area (Å²) in [6, 6.07) is 8.14. The number of pyridine rings is 1. The summed E-state index contributed by atoms with van der Waals surface area (Å²) in [6.45, 7) is 4.21. The Balaban J connectivity index is 1.81. The lowest BCUT2D eigenvalue weighted by Crippen LogP contribution is -2.17. The van der Waals surface area contributed by atoms with Gasteiger partial charge in [0, 0.05) is 24.5 Å². The zero-order chi connectivity index (χ0) is 15.6. The van der Waals surface area contributed by atoms with Crippen molar-refractivity contribution in [2.24, 2.45) is 0 Å². The molecule has 0 aromatic carbocycles. The van der Waals surface area contributed by atoms with Crippen molar-refractivity contribution in [3.05, 3.63) is 42.4 Å². The Morgan fingerprint density at radius 3 is 2.73 bits per heavy atom. The Morgan fingerprint density at radius 2 is 2.00 bits per heavy atom. The lowest BCUT2D eigenvalue weighted by Gasteiger charge is -2.10. The first-order valence-corrected chi connectivity index (χ1v) is 8.22. The number of unbranched alkanes of at least 4 members (excludes halogenated alkanes) is 4. The molecule has 0 atom stereocenters. The monoisotopic (exact) mass is 301 g/mol. The van der Waals surface area contributed by atoms with Crippen molar-refractivity contribution in [3.8, 4) is 11.6 Å². The second-order valence-corrected chi connectivity index (χ2v) is 5.52. The van der Waals surface area contributed by atoms with Crippen molar-refractivity contribution >= 4 is 0 Å². The molecular weight excluding hydrogens is 274 g/mol. The fraction of sp³-hybridized carbons (Fsp3) is 0.500. The van der Waals surface area contributed by atoms with E-state index in [9.17, 15) is 0 Å². The minimum absolute atomic E-state index is 0.641. The van der Waals surface area contributed by atoms with E-state index >= 15 is 0 Å². The van der Waals surface area contributed by atoms with Crippen LogP contribution in [0.2, 0.25) is 0 Å². The van der Waals surface area contributed by atoms with Crippen molar-refractivity contribution in [2.75, 3.05) is 13.7 Å². The molecule has 0 radical (unpaired) electrons. The summed E-state index contributed by atoms with van der Waals surface area (Å²) < 4.78 is 7.27. The van der Waals surface area contributed by atoms with Crippen LogP contribution in [0.25, 0.3) is 5.69 Å². The highest BCUT2D eigenvalue weighted by molar-refractivity contribution is 5.34. The highest BCUT2D eigenvalue weighted by Crippen LogP contribution is 2.14. The quantitative estimate of drug-likeness (QED) is 0.676. The molecule has 1 N–H and O–H groups in total. The molecule has 22 heavy (non-hydrogen) atoms. The van der Waals surface area contributed by atoms with Crippen LogP contribution in [0.15, 0.2) is 36.7 Å². The normalized spacial score (nSPS) is 10.8. The molecular formula is C18H27N3O. The van der Waals surface area contributed by atoms with E-state index in [0.29, 0.717) is 5.88 Å². The van der Waals surface area contributed by atoms with Crippen molar-refractivity contribution in [1.82, 2.24) is 14.9 Å². The predicted molar refractivity (Wildman–Crippen MR) is 90.6 cm³/mol. The third kappa shape index (κ3) is 4.88. The van der Waals surface area contributed by atoms with Gasteiger partial charge < -0.3 is 14.6 Å². The third-order valence-electron chi connectivity index (χ3n) is 3.80. The van der Waals surface area contributed by atoms with Gasteiger partial charge in [0.1, 0.15) is 0 Å². The molecule has 0 aliphatic carbocycles. The van der Waals surface area contributed by atoms with Gasteiger partial charge in [-0.15, -0.1) is 0 Å². The third-order valence-corrected chi connectivity index (χ3v) is 3.80. The summed E-state index contributed by atoms with van der Waals surface area (Å²) in [5.74, 6) is 0.641. The van der Waals surface area contributed by atoms with Gasteiger partial charge in [-0.05, 0) is 31.2 Å². The molecule has 0 bridgehead atoms. The van der Waals surface area contributed by atoms with E-state index in [4.69, 9.17) is 4.74 Å². The fourth-order valence-corrected chi connectivity index (χ4v) is 2.52. The van der Waals surface area contributed by atoms with Gasteiger partial charge in [-0.25, -0.2) is 4.98 Å². The van der Waals surface area contributed by atoms with Gasteiger partial charge in [-0.3, -0.25) is 0 Å². The summed E-state index contributed by atoms with van der Waals surface area (Å²) in [7, 11) is 1.63. The molecule has 2 rings (SSSR count). The molecule has 0 spiro atoms. The zero-order valence-electron chi connectivity index (χ0n) is 13.7. The van der Waals surface area contributed by atoms with Gasteiger partial charge in [0.2, 0.25) is 5.88 Å². The first-order valence-electron chi connectivity index (χ1n) is 8.22. The van der Waals surface area contributed by atoms with Crippen molar-refractivity contribution in [1.29, 1.82) is 0 Å². The summed E-state index contributed by atoms with van der Waals surface area (Å²) in [4.78, 5) is 4.27. The summed E-state index contributed by atoms with van der Waals surface area (Å²) in [5, 5.41) is 3.53. The van der Waals surface area contributed by atoms with Gasteiger partial charge in [-0.1, -0.05) is 32.6 Å². The lowest BCUT2D eigenvalue weighted by molar-refractivity contribution is 0.398. The zero-order valence-corrected chi connectivity index (χ0v) is 13.7. The Hall–Kier alpha value is -1.81. The largest absolute Gasteiger partial charge is 0.481 e. The van der Waals surface area contributed by atoms with E-state index in [1.165, 1.54) is 37.8 Å². The lowest BCUT2D eigenvalue weighted by atomic mass is 10.1. The number of hydrogen-bond acceptors (Lipinski definition) is 3. The molecule has 2 aromatic heterocycles. The van der Waals surface area contributed by atoms with E-state index in [2.05, 4.69) is 40.1 Å². The maximum Gasteiger partial charge on any atom is 0.213 e. The van der Waals surface area contributed by atoms with E-state index in [-0.39, 0.29) is 0 Å². The van der Waals surface area contributed by atoms with E-state index in [0.717, 1.165) is 18.8 Å². The number of hydrogen-bond donors (Lipinski definition) is 1. The molecule has 0 fully saturated rings. The number of ether oxygens (including phenoxy) is 1. The molecule has 2 heterocycles. The molecule has 4 nitrogen and oxygen atoms in total. The topological polar surface area (TPSA) is 39.1 Å². The Labute approximate surface area is 133 Å². The van der Waals surface area contributed by atoms with Crippen LogP contribution < -0.4 is 10.1 Å². The molecule has 2 aromatic rings. The van der Waals surface area contributed by atoms with Crippen LogP contribution >= 0.6 is 0 Å². The predicted octanol–water partition coefficient (Wildman–Crippen LogP) is 3.94. The van der Waals surface area contributed by atoms with Crippen LogP contribution in [0.3, 0.4) is 0 Å². The highest BCUT2D eigenvalue weighted by atomic mass is 16.5. The van der Waals surface area contributed by atoms with Gasteiger partial charge in [0.25, 0.3) is 0 Å². The smallest absolute Gasteiger partial charge is 0.213 e. The van der Waals surface area contributed by atoms with Gasteiger partial charge in [-0.2, -0.15) is 0 Å². The van der Waals surface area contributed by atoms with Crippen molar-refractivity contribution in [2.45, 2.75) is 45.6 Å². The van der Waals surface area contributed by atoms with Crippen LogP contribution in [0.5, 0.6) is 5.88 Å². The maximum atomic E-state index is 5.10. The number of aromatic nitrogens is 2. The Morgan fingerprint density at radius 1 is 1.14 bits per heavy atom. The fourth-order valence-electron chi connectivity index (χ4n) is 2.52. The number of methoxy groups -OCH3 is 1. The summed E-state index contributed by atoms with van der Waals surface area (Å²) in [6.07, 6.45) is 10.5. The summed E-state index contributed by atoms with van der Waals surface area (Å²) in [5.41, 5.74) is 2.31. The maximum absolute atomic E-state index is 5.10. The minimum atomic E-state index is 0.641. The first-order chi connectivity index (χ1) is 10.8. The second-order valence-electron chi connectivity index (χ2n) is 5.52. The van der Waals surface area contributed by atoms with E-state index in [1.54, 1.807) is 7.11 Å². The van der Waals surface area contributed by atoms with Gasteiger partial charge in [0.15, 0.2) is 0 Å². The SMILES string of the molecule is CCCCCCCNCc1cccn1-c1ccc(OC)nc1. The standard InChI is InChI=1S/C18H27N3O/c1-3-4-5-6-7-12-19-14-16-9-8-13-21(16)17-10-11-18(22-2)20-15-17/h8-11,13,15,19H,3-7,12,14H2,1-2H3. The molecule has 120 valence electrons. The molecule has 0 amide bonds. The molecule has 0 unspecified atom stereocenters. The number of rotatable bonds is 10. The molecule has 0 aliphatic rings. The van der Waals surface area contributed by atoms with E-state index < -0.39 is 0 Å². The molecule has 0 aliphatic heterocycles. The molecule has 4 heteroatoms. The van der Waals surface area contributed by atoms with Gasteiger partial charge in [0.05, 0.1) is 19.0 Å². The van der Waals surface area contributed by atoms with Crippen LogP contribution in [-0.4, -0.2) is 23.2 Å². The average Bonchev–Trinajstić information content (AvgIpc) is 3.02. The van der Waals surface area contributed by atoms with Crippen LogP contribution in [0, 0.1) is 0 Å². The number of nitrogens with one attached hydrogen (secondary N) is 1. The van der Waals surface area contributed by atoms with Crippen LogP contribution in [-0.2, 0) is 6.54 Å². The minimum Gasteiger partial charge on any atom is -0.481 e. The average molecular weight is 301 g/mol. The second kappa shape index (κ2) is 9.26. The van der Waals surface area contributed by atoms with Crippen LogP contribution in [0.1, 0.15) is 44.7 Å². The number of nitrogens with zero attached hydrogens (tertiary/aromatic N) is 2. The Bertz CT molecular complexity index is 534. The summed E-state index contributed by atoms with van der Waals surface area (Å²) >= 11 is 0. The molecule has 0 saturated heterocycles.